The predicted octanol–water partition coefficient (Wildman–Crippen LogP) is 17.0. The number of hydrogen-bond acceptors (Lipinski definition) is 3. The van der Waals surface area contributed by atoms with Crippen LogP contribution in [0.15, 0.2) is 146 Å². The molecule has 0 saturated carbocycles. The monoisotopic (exact) mass is 924 g/mol. The smallest absolute Gasteiger partial charge is 0.252 e. The van der Waals surface area contributed by atoms with Crippen LogP contribution in [0.5, 0.6) is 0 Å². The molecular weight excluding hydrogens is 846 g/mol. The Morgan fingerprint density at radius 1 is 0.286 bits per heavy atom. The minimum absolute atomic E-state index is 0.0190. The lowest BCUT2D eigenvalue weighted by molar-refractivity contribution is 0.590. The van der Waals surface area contributed by atoms with Gasteiger partial charge in [-0.3, -0.25) is 0 Å². The number of anilines is 9. The molecule has 7 aromatic rings. The van der Waals surface area contributed by atoms with Gasteiger partial charge in [0.05, 0.1) is 5.69 Å². The maximum Gasteiger partial charge on any atom is 0.252 e. The van der Waals surface area contributed by atoms with E-state index in [4.69, 9.17) is 0 Å². The quantitative estimate of drug-likeness (QED) is 0.159. The van der Waals surface area contributed by atoms with Crippen LogP contribution < -0.4 is 31.1 Å². The fourth-order valence-electron chi connectivity index (χ4n) is 10.5. The molecule has 0 aliphatic carbocycles. The van der Waals surface area contributed by atoms with Crippen molar-refractivity contribution in [1.82, 2.24) is 0 Å². The third-order valence-corrected chi connectivity index (χ3v) is 15.0. The number of nitrogens with zero attached hydrogens (tertiary/aromatic N) is 3. The van der Waals surface area contributed by atoms with Crippen LogP contribution in [0.25, 0.3) is 0 Å². The summed E-state index contributed by atoms with van der Waals surface area (Å²) in [5.41, 5.74) is 22.5. The molecule has 2 heterocycles. The molecule has 3 nitrogen and oxygen atoms in total. The minimum atomic E-state index is -0.0433. The Morgan fingerprint density at radius 2 is 0.557 bits per heavy atom. The Kier molecular flexibility index (Phi) is 11.8. The van der Waals surface area contributed by atoms with Gasteiger partial charge in [0, 0.05) is 45.5 Å². The molecule has 0 aromatic heterocycles. The predicted molar refractivity (Wildman–Crippen MR) is 307 cm³/mol. The summed E-state index contributed by atoms with van der Waals surface area (Å²) in [5.74, 6) is 0. The van der Waals surface area contributed by atoms with Crippen LogP contribution in [0.4, 0.5) is 51.2 Å². The summed E-state index contributed by atoms with van der Waals surface area (Å²) in [7, 11) is 0. The molecule has 360 valence electrons. The molecule has 70 heavy (non-hydrogen) atoms. The molecule has 0 atom stereocenters. The van der Waals surface area contributed by atoms with E-state index in [9.17, 15) is 0 Å². The normalized spacial score (nSPS) is 14.1. The third kappa shape index (κ3) is 9.01. The molecule has 0 spiro atoms. The zero-order chi connectivity index (χ0) is 50.7. The summed E-state index contributed by atoms with van der Waals surface area (Å²) >= 11 is 0. The van der Waals surface area contributed by atoms with Crippen molar-refractivity contribution in [3.8, 4) is 0 Å². The second-order valence-electron chi connectivity index (χ2n) is 26.6. The number of benzene rings is 7. The Balaban J connectivity index is 1.42. The average molecular weight is 924 g/mol. The molecule has 7 aromatic carbocycles. The number of hydrogen-bond donors (Lipinski definition) is 0. The highest BCUT2D eigenvalue weighted by molar-refractivity contribution is 7.00. The summed E-state index contributed by atoms with van der Waals surface area (Å²) < 4.78 is 0. The molecule has 0 amide bonds. The highest BCUT2D eigenvalue weighted by atomic mass is 15.2. The molecule has 0 unspecified atom stereocenters. The Labute approximate surface area is 423 Å². The maximum atomic E-state index is 2.58. The average Bonchev–Trinajstić information content (AvgIpc) is 3.27. The first-order chi connectivity index (χ1) is 32.5. The molecule has 0 fully saturated rings. The van der Waals surface area contributed by atoms with Crippen LogP contribution in [-0.2, 0) is 32.5 Å². The van der Waals surface area contributed by atoms with E-state index in [2.05, 4.69) is 285 Å². The minimum Gasteiger partial charge on any atom is -0.311 e. The molecule has 0 N–H and O–H groups in total. The maximum absolute atomic E-state index is 2.58. The van der Waals surface area contributed by atoms with E-state index in [1.165, 1.54) is 72.5 Å². The van der Waals surface area contributed by atoms with Crippen LogP contribution in [0.2, 0.25) is 0 Å². The Morgan fingerprint density at radius 3 is 0.843 bits per heavy atom. The van der Waals surface area contributed by atoms with Gasteiger partial charge < -0.3 is 14.7 Å². The fraction of sp³-hybridized carbons (Fsp3) is 0.364. The summed E-state index contributed by atoms with van der Waals surface area (Å²) in [5, 5.41) is 0. The largest absolute Gasteiger partial charge is 0.311 e. The van der Waals surface area contributed by atoms with E-state index in [1.54, 1.807) is 0 Å². The van der Waals surface area contributed by atoms with Gasteiger partial charge in [0.1, 0.15) is 0 Å². The lowest BCUT2D eigenvalue weighted by Crippen LogP contribution is -2.61. The van der Waals surface area contributed by atoms with E-state index in [0.717, 1.165) is 28.4 Å². The van der Waals surface area contributed by atoms with Gasteiger partial charge in [0.2, 0.25) is 0 Å². The van der Waals surface area contributed by atoms with Crippen molar-refractivity contribution in [3.05, 3.63) is 179 Å². The van der Waals surface area contributed by atoms with Crippen molar-refractivity contribution in [3.63, 3.8) is 0 Å². The van der Waals surface area contributed by atoms with Crippen molar-refractivity contribution in [2.75, 3.05) is 14.7 Å². The lowest BCUT2D eigenvalue weighted by Gasteiger charge is -2.45. The standard InChI is InChI=1S/C66H78BN3/c1-61(2,3)43-19-29-49(30-20-43)68(50-31-21-44(22-32-50)62(4,5)6)53-41-58-60-59(42-53)70(52-35-25-46(26-36-52)64(10,11)12)57-38-28-48(66(16,17)18)40-55(57)67(60)54-39-47(65(13,14)15)27-37-56(54)69(58)51-33-23-45(24-34-51)63(7,8)9/h19-42H,1-18H3. The van der Waals surface area contributed by atoms with Crippen LogP contribution in [0.1, 0.15) is 158 Å². The molecule has 0 saturated heterocycles. The van der Waals surface area contributed by atoms with Crippen molar-refractivity contribution in [2.45, 2.75) is 157 Å². The van der Waals surface area contributed by atoms with Gasteiger partial charge >= 0.3 is 0 Å². The molecule has 2 aliphatic heterocycles. The van der Waals surface area contributed by atoms with Gasteiger partial charge in [-0.2, -0.15) is 0 Å². The molecule has 0 radical (unpaired) electrons. The molecule has 4 heteroatoms. The van der Waals surface area contributed by atoms with Crippen molar-refractivity contribution < 1.29 is 0 Å². The third-order valence-electron chi connectivity index (χ3n) is 15.0. The van der Waals surface area contributed by atoms with Crippen molar-refractivity contribution in [1.29, 1.82) is 0 Å². The summed E-state index contributed by atoms with van der Waals surface area (Å²) in [6, 6.07) is 57.0. The first-order valence-corrected chi connectivity index (χ1v) is 25.8. The van der Waals surface area contributed by atoms with E-state index < -0.39 is 0 Å². The van der Waals surface area contributed by atoms with E-state index in [0.29, 0.717) is 0 Å². The molecule has 2 aliphatic rings. The van der Waals surface area contributed by atoms with E-state index in [-0.39, 0.29) is 39.2 Å². The van der Waals surface area contributed by atoms with Gasteiger partial charge in [-0.05, 0) is 155 Å². The zero-order valence-electron chi connectivity index (χ0n) is 45.8. The Bertz CT molecular complexity index is 2850. The first-order valence-electron chi connectivity index (χ1n) is 25.8. The summed E-state index contributed by atoms with van der Waals surface area (Å²) in [6.07, 6.45) is 0. The SMILES string of the molecule is CC(C)(C)c1ccc(N(c2ccc(C(C)(C)C)cc2)c2cc3c4c(c2)N(c2ccc(C(C)(C)C)cc2)c2ccc(C(C)(C)C)cc2B4c2cc(C(C)(C)C)ccc2N3c2ccc(C(C)(C)C)cc2)cc1. The van der Waals surface area contributed by atoms with E-state index >= 15 is 0 Å². The highest BCUT2D eigenvalue weighted by Crippen LogP contribution is 2.49. The topological polar surface area (TPSA) is 9.72 Å². The van der Waals surface area contributed by atoms with E-state index in [1.807, 2.05) is 0 Å². The lowest BCUT2D eigenvalue weighted by atomic mass is 9.33. The first kappa shape index (κ1) is 49.0. The van der Waals surface area contributed by atoms with Crippen molar-refractivity contribution in [2.24, 2.45) is 0 Å². The van der Waals surface area contributed by atoms with Gasteiger partial charge in [0.25, 0.3) is 6.71 Å². The second-order valence-corrected chi connectivity index (χ2v) is 26.6. The fourth-order valence-corrected chi connectivity index (χ4v) is 10.5. The summed E-state index contributed by atoms with van der Waals surface area (Å²) in [4.78, 5) is 7.65. The number of fused-ring (bicyclic) bond motifs is 4. The Hall–Kier alpha value is -6.00. The second kappa shape index (κ2) is 16.8. The summed E-state index contributed by atoms with van der Waals surface area (Å²) in [6.45, 7) is 41.7. The van der Waals surface area contributed by atoms with Crippen LogP contribution >= 0.6 is 0 Å². The van der Waals surface area contributed by atoms with Gasteiger partial charge in [0.15, 0.2) is 0 Å². The van der Waals surface area contributed by atoms with Gasteiger partial charge in [-0.25, -0.2) is 0 Å². The zero-order valence-corrected chi connectivity index (χ0v) is 45.8. The van der Waals surface area contributed by atoms with Crippen LogP contribution in [-0.4, -0.2) is 6.71 Å². The van der Waals surface area contributed by atoms with Gasteiger partial charge in [-0.15, -0.1) is 0 Å². The van der Waals surface area contributed by atoms with Crippen molar-refractivity contribution >= 4 is 74.3 Å². The number of rotatable bonds is 5. The van der Waals surface area contributed by atoms with Gasteiger partial charge in [-0.1, -0.05) is 197 Å². The molecular formula is C66H78BN3. The highest BCUT2D eigenvalue weighted by Gasteiger charge is 2.45. The van der Waals surface area contributed by atoms with Crippen LogP contribution in [0.3, 0.4) is 0 Å². The van der Waals surface area contributed by atoms with Crippen LogP contribution in [0, 0.1) is 0 Å². The molecule has 9 rings (SSSR count). The molecule has 0 bridgehead atoms.